The molecule has 0 saturated carbocycles. The summed E-state index contributed by atoms with van der Waals surface area (Å²) in [7, 11) is 0. The molecular weight excluding hydrogens is 408 g/mol. The number of benzene rings is 1. The zero-order valence-corrected chi connectivity index (χ0v) is 18.6. The van der Waals surface area contributed by atoms with Crippen LogP contribution in [0.4, 0.5) is 5.95 Å². The standard InChI is InChI=1S/C24H32N4O4/c29-22(7-6-20-4-2-1-3-5-20)18-21-19-23(32-17-10-27-8-13-30-14-9-27)26-24(25-21)28-11-15-31-16-12-28/h1-5,19H,6-18H2. The number of anilines is 1. The SMILES string of the molecule is O=C(CCc1ccccc1)Cc1cc(OCCN2CCOCC2)nc(N2CCOCC2)n1. The molecule has 0 N–H and O–H groups in total. The van der Waals surface area contributed by atoms with Crippen molar-refractivity contribution in [3.05, 3.63) is 47.7 Å². The monoisotopic (exact) mass is 440 g/mol. The van der Waals surface area contributed by atoms with E-state index in [0.29, 0.717) is 43.8 Å². The Morgan fingerprint density at radius 2 is 1.69 bits per heavy atom. The molecule has 1 aromatic carbocycles. The third-order valence-corrected chi connectivity index (χ3v) is 5.71. The Morgan fingerprint density at radius 1 is 0.969 bits per heavy atom. The van der Waals surface area contributed by atoms with Crippen molar-refractivity contribution in [2.75, 3.05) is 70.7 Å². The molecule has 0 unspecified atom stereocenters. The number of hydrogen-bond donors (Lipinski definition) is 0. The predicted molar refractivity (Wildman–Crippen MR) is 121 cm³/mol. The summed E-state index contributed by atoms with van der Waals surface area (Å²) in [5, 5.41) is 0. The summed E-state index contributed by atoms with van der Waals surface area (Å²) in [5.41, 5.74) is 1.88. The highest BCUT2D eigenvalue weighted by Gasteiger charge is 2.18. The lowest BCUT2D eigenvalue weighted by atomic mass is 10.1. The number of aryl methyl sites for hydroxylation is 1. The van der Waals surface area contributed by atoms with Crippen molar-refractivity contribution in [1.29, 1.82) is 0 Å². The van der Waals surface area contributed by atoms with Crippen LogP contribution in [0.15, 0.2) is 36.4 Å². The van der Waals surface area contributed by atoms with Gasteiger partial charge >= 0.3 is 0 Å². The van der Waals surface area contributed by atoms with Gasteiger partial charge in [-0.2, -0.15) is 4.98 Å². The number of aromatic nitrogens is 2. The minimum absolute atomic E-state index is 0.166. The summed E-state index contributed by atoms with van der Waals surface area (Å²) in [4.78, 5) is 26.4. The third-order valence-electron chi connectivity index (χ3n) is 5.71. The van der Waals surface area contributed by atoms with Gasteiger partial charge < -0.3 is 19.1 Å². The Morgan fingerprint density at radius 3 is 2.44 bits per heavy atom. The highest BCUT2D eigenvalue weighted by molar-refractivity contribution is 5.80. The number of carbonyl (C=O) groups excluding carboxylic acids is 1. The number of morpholine rings is 2. The first-order valence-electron chi connectivity index (χ1n) is 11.5. The maximum Gasteiger partial charge on any atom is 0.229 e. The fraction of sp³-hybridized carbons (Fsp3) is 0.542. The molecule has 0 atom stereocenters. The van der Waals surface area contributed by atoms with Gasteiger partial charge in [-0.1, -0.05) is 30.3 Å². The second-order valence-electron chi connectivity index (χ2n) is 8.10. The lowest BCUT2D eigenvalue weighted by Crippen LogP contribution is -2.39. The van der Waals surface area contributed by atoms with E-state index in [1.165, 1.54) is 5.56 Å². The van der Waals surface area contributed by atoms with Gasteiger partial charge in [0.2, 0.25) is 11.8 Å². The molecule has 0 radical (unpaired) electrons. The Labute approximate surface area is 189 Å². The van der Waals surface area contributed by atoms with Crippen molar-refractivity contribution in [2.45, 2.75) is 19.3 Å². The second kappa shape index (κ2) is 11.9. The van der Waals surface area contributed by atoms with Gasteiger partial charge in [0.05, 0.1) is 32.1 Å². The van der Waals surface area contributed by atoms with Gasteiger partial charge in [-0.15, -0.1) is 0 Å². The molecule has 2 aliphatic rings. The van der Waals surface area contributed by atoms with Gasteiger partial charge in [-0.25, -0.2) is 4.98 Å². The van der Waals surface area contributed by atoms with Crippen LogP contribution in [-0.4, -0.2) is 86.4 Å². The number of Topliss-reactive ketones (excluding diaryl/α,β-unsaturated/α-hetero) is 1. The molecule has 1 aromatic heterocycles. The molecule has 0 amide bonds. The molecule has 2 aliphatic heterocycles. The Bertz CT molecular complexity index is 852. The normalized spacial score (nSPS) is 17.3. The van der Waals surface area contributed by atoms with Crippen LogP contribution in [0.3, 0.4) is 0 Å². The van der Waals surface area contributed by atoms with E-state index in [2.05, 4.69) is 31.9 Å². The average Bonchev–Trinajstić information content (AvgIpc) is 2.84. The van der Waals surface area contributed by atoms with Crippen LogP contribution >= 0.6 is 0 Å². The fourth-order valence-electron chi connectivity index (χ4n) is 3.85. The number of hydrogen-bond acceptors (Lipinski definition) is 8. The second-order valence-corrected chi connectivity index (χ2v) is 8.10. The van der Waals surface area contributed by atoms with Gasteiger partial charge in [-0.05, 0) is 12.0 Å². The molecule has 0 aliphatic carbocycles. The van der Waals surface area contributed by atoms with Crippen molar-refractivity contribution in [3.63, 3.8) is 0 Å². The van der Waals surface area contributed by atoms with E-state index < -0.39 is 0 Å². The summed E-state index contributed by atoms with van der Waals surface area (Å²) >= 11 is 0. The molecule has 32 heavy (non-hydrogen) atoms. The van der Waals surface area contributed by atoms with E-state index in [1.54, 1.807) is 0 Å². The summed E-state index contributed by atoms with van der Waals surface area (Å²) in [5.74, 6) is 1.31. The lowest BCUT2D eigenvalue weighted by Gasteiger charge is -2.28. The largest absolute Gasteiger partial charge is 0.476 e. The van der Waals surface area contributed by atoms with Gasteiger partial charge in [-0.3, -0.25) is 9.69 Å². The molecule has 8 nitrogen and oxygen atoms in total. The number of ketones is 1. The Balaban J connectivity index is 1.38. The van der Waals surface area contributed by atoms with Crippen molar-refractivity contribution < 1.29 is 19.0 Å². The summed E-state index contributed by atoms with van der Waals surface area (Å²) < 4.78 is 16.8. The summed E-state index contributed by atoms with van der Waals surface area (Å²) in [6.45, 7) is 7.52. The predicted octanol–water partition coefficient (Wildman–Crippen LogP) is 1.77. The molecule has 2 saturated heterocycles. The van der Waals surface area contributed by atoms with E-state index in [9.17, 15) is 4.79 Å². The molecule has 4 rings (SSSR count). The quantitative estimate of drug-likeness (QED) is 0.553. The minimum atomic E-state index is 0.166. The summed E-state index contributed by atoms with van der Waals surface area (Å²) in [6.07, 6.45) is 1.52. The van der Waals surface area contributed by atoms with Crippen LogP contribution < -0.4 is 9.64 Å². The van der Waals surface area contributed by atoms with Crippen molar-refractivity contribution in [2.24, 2.45) is 0 Å². The fourth-order valence-corrected chi connectivity index (χ4v) is 3.85. The smallest absolute Gasteiger partial charge is 0.229 e. The van der Waals surface area contributed by atoms with Crippen LogP contribution in [0.1, 0.15) is 17.7 Å². The highest BCUT2D eigenvalue weighted by Crippen LogP contribution is 2.18. The lowest BCUT2D eigenvalue weighted by molar-refractivity contribution is -0.118. The Hall–Kier alpha value is -2.55. The van der Waals surface area contributed by atoms with Crippen LogP contribution in [0.5, 0.6) is 5.88 Å². The zero-order chi connectivity index (χ0) is 22.0. The number of rotatable bonds is 10. The maximum absolute atomic E-state index is 12.7. The van der Waals surface area contributed by atoms with Gasteiger partial charge in [0.25, 0.3) is 0 Å². The molecule has 2 fully saturated rings. The zero-order valence-electron chi connectivity index (χ0n) is 18.6. The van der Waals surface area contributed by atoms with E-state index in [1.807, 2.05) is 24.3 Å². The number of carbonyl (C=O) groups is 1. The van der Waals surface area contributed by atoms with Crippen LogP contribution in [-0.2, 0) is 27.1 Å². The first-order valence-corrected chi connectivity index (χ1v) is 11.5. The Kier molecular flexibility index (Phi) is 8.42. The third kappa shape index (κ3) is 6.98. The first kappa shape index (κ1) is 22.6. The van der Waals surface area contributed by atoms with Crippen molar-refractivity contribution in [1.82, 2.24) is 14.9 Å². The van der Waals surface area contributed by atoms with Gasteiger partial charge in [0.15, 0.2) is 0 Å². The molecular formula is C24H32N4O4. The first-order chi connectivity index (χ1) is 15.8. The van der Waals surface area contributed by atoms with Gasteiger partial charge in [0, 0.05) is 51.6 Å². The van der Waals surface area contributed by atoms with Crippen LogP contribution in [0.25, 0.3) is 0 Å². The van der Waals surface area contributed by atoms with E-state index in [0.717, 1.165) is 52.4 Å². The van der Waals surface area contributed by atoms with Crippen LogP contribution in [0.2, 0.25) is 0 Å². The number of ether oxygens (including phenoxy) is 3. The van der Waals surface area contributed by atoms with Crippen molar-refractivity contribution in [3.8, 4) is 5.88 Å². The summed E-state index contributed by atoms with van der Waals surface area (Å²) in [6, 6.07) is 11.9. The average molecular weight is 441 g/mol. The molecule has 172 valence electrons. The molecule has 3 heterocycles. The number of nitrogens with zero attached hydrogens (tertiary/aromatic N) is 4. The van der Waals surface area contributed by atoms with E-state index in [4.69, 9.17) is 14.2 Å². The maximum atomic E-state index is 12.7. The molecule has 0 spiro atoms. The highest BCUT2D eigenvalue weighted by atomic mass is 16.5. The molecule has 2 aromatic rings. The van der Waals surface area contributed by atoms with Gasteiger partial charge in [0.1, 0.15) is 12.4 Å². The van der Waals surface area contributed by atoms with Crippen molar-refractivity contribution >= 4 is 11.7 Å². The minimum Gasteiger partial charge on any atom is -0.476 e. The van der Waals surface area contributed by atoms with E-state index in [-0.39, 0.29) is 12.2 Å². The molecule has 0 bridgehead atoms. The topological polar surface area (TPSA) is 77.0 Å². The van der Waals surface area contributed by atoms with Crippen LogP contribution in [0, 0.1) is 0 Å². The van der Waals surface area contributed by atoms with E-state index >= 15 is 0 Å². The molecule has 8 heteroatoms.